The average Bonchev–Trinajstić information content (AvgIpc) is 2.40. The highest BCUT2D eigenvalue weighted by molar-refractivity contribution is 5.00. The zero-order chi connectivity index (χ0) is 13.5. The van der Waals surface area contributed by atoms with E-state index in [4.69, 9.17) is 0 Å². The standard InChI is InChI=1S/C18H32/c1-4-7-9-10-11-12-13-14-15-17-18(6-3)16-8-5-2/h18H,1-2,5-6,8-17H2,3H3. The van der Waals surface area contributed by atoms with E-state index < -0.39 is 0 Å². The van der Waals surface area contributed by atoms with E-state index in [1.165, 1.54) is 64.2 Å². The molecule has 1 unspecified atom stereocenters. The van der Waals surface area contributed by atoms with Gasteiger partial charge in [0.25, 0.3) is 0 Å². The molecule has 0 N–H and O–H groups in total. The second kappa shape index (κ2) is 14.6. The molecule has 0 amide bonds. The van der Waals surface area contributed by atoms with E-state index in [0.717, 1.165) is 18.8 Å². The molecular formula is C18H32. The minimum atomic E-state index is 0.957. The normalized spacial score (nSPS) is 11.9. The van der Waals surface area contributed by atoms with Crippen LogP contribution in [0.2, 0.25) is 0 Å². The maximum absolute atomic E-state index is 3.93. The van der Waals surface area contributed by atoms with Crippen molar-refractivity contribution in [2.75, 3.05) is 0 Å². The predicted molar refractivity (Wildman–Crippen MR) is 83.1 cm³/mol. The third-order valence-corrected chi connectivity index (χ3v) is 3.73. The van der Waals surface area contributed by atoms with Crippen LogP contribution in [-0.2, 0) is 0 Å². The molecule has 0 heteroatoms. The Morgan fingerprint density at radius 2 is 1.50 bits per heavy atom. The van der Waals surface area contributed by atoms with E-state index in [2.05, 4.69) is 32.6 Å². The molecule has 0 bridgehead atoms. The Balaban J connectivity index is 3.24. The van der Waals surface area contributed by atoms with Crippen molar-refractivity contribution < 1.29 is 0 Å². The first-order chi connectivity index (χ1) is 8.85. The van der Waals surface area contributed by atoms with Gasteiger partial charge in [-0.15, -0.1) is 11.8 Å². The van der Waals surface area contributed by atoms with Gasteiger partial charge in [0.2, 0.25) is 0 Å². The summed E-state index contributed by atoms with van der Waals surface area (Å²) in [5.74, 6) is 6.69. The Hall–Kier alpha value is -0.440. The number of unbranched alkanes of at least 4 members (excludes halogenated alkanes) is 7. The molecule has 104 valence electrons. The van der Waals surface area contributed by atoms with Crippen molar-refractivity contribution in [2.45, 2.75) is 84.0 Å². The van der Waals surface area contributed by atoms with Gasteiger partial charge in [0.05, 0.1) is 0 Å². The highest BCUT2D eigenvalue weighted by atomic mass is 14.1. The summed E-state index contributed by atoms with van der Waals surface area (Å²) in [4.78, 5) is 0. The first-order valence-corrected chi connectivity index (χ1v) is 7.89. The van der Waals surface area contributed by atoms with Crippen LogP contribution >= 0.6 is 0 Å². The molecule has 1 atom stereocenters. The van der Waals surface area contributed by atoms with Crippen LogP contribution in [-0.4, -0.2) is 0 Å². The summed E-state index contributed by atoms with van der Waals surface area (Å²) in [5.41, 5.74) is 0. The van der Waals surface area contributed by atoms with Crippen LogP contribution in [0.25, 0.3) is 0 Å². The highest BCUT2D eigenvalue weighted by Gasteiger charge is 2.04. The quantitative estimate of drug-likeness (QED) is 0.294. The average molecular weight is 248 g/mol. The van der Waals surface area contributed by atoms with E-state index in [1.54, 1.807) is 0 Å². The van der Waals surface area contributed by atoms with E-state index in [0.29, 0.717) is 0 Å². The predicted octanol–water partition coefficient (Wildman–Crippen LogP) is 5.98. The van der Waals surface area contributed by atoms with Gasteiger partial charge in [0, 0.05) is 13.3 Å². The molecule has 0 rings (SSSR count). The molecule has 0 aromatic heterocycles. The molecule has 0 spiro atoms. The van der Waals surface area contributed by atoms with Crippen LogP contribution in [0.5, 0.6) is 0 Å². The molecule has 0 saturated heterocycles. The Kier molecular flexibility index (Phi) is 14.3. The van der Waals surface area contributed by atoms with Gasteiger partial charge in [0.1, 0.15) is 0 Å². The topological polar surface area (TPSA) is 0 Å². The molecule has 0 aliphatic carbocycles. The Labute approximate surface area is 116 Å². The molecule has 2 radical (unpaired) electrons. The van der Waals surface area contributed by atoms with Crippen molar-refractivity contribution in [1.82, 2.24) is 0 Å². The Bertz CT molecular complexity index is 206. The lowest BCUT2D eigenvalue weighted by Gasteiger charge is -2.13. The molecule has 0 aromatic carbocycles. The van der Waals surface area contributed by atoms with Crippen molar-refractivity contribution >= 4 is 0 Å². The second-order valence-corrected chi connectivity index (χ2v) is 5.28. The second-order valence-electron chi connectivity index (χ2n) is 5.28. The molecule has 0 aliphatic heterocycles. The molecule has 0 aliphatic rings. The van der Waals surface area contributed by atoms with Crippen molar-refractivity contribution in [2.24, 2.45) is 5.92 Å². The summed E-state index contributed by atoms with van der Waals surface area (Å²) in [7, 11) is 0. The maximum Gasteiger partial charge on any atom is 0.0198 e. The first kappa shape index (κ1) is 17.6. The summed E-state index contributed by atoms with van der Waals surface area (Å²) in [6.45, 7) is 9.79. The van der Waals surface area contributed by atoms with Gasteiger partial charge < -0.3 is 0 Å². The van der Waals surface area contributed by atoms with Gasteiger partial charge in [-0.2, -0.15) is 0 Å². The van der Waals surface area contributed by atoms with Crippen LogP contribution in [0, 0.1) is 31.6 Å². The molecule has 18 heavy (non-hydrogen) atoms. The molecule has 0 nitrogen and oxygen atoms in total. The zero-order valence-corrected chi connectivity index (χ0v) is 12.5. The Morgan fingerprint density at radius 3 is 2.11 bits per heavy atom. The summed E-state index contributed by atoms with van der Waals surface area (Å²) in [6.07, 6.45) is 15.9. The summed E-state index contributed by atoms with van der Waals surface area (Å²) >= 11 is 0. The van der Waals surface area contributed by atoms with Crippen molar-refractivity contribution in [3.05, 3.63) is 13.8 Å². The summed E-state index contributed by atoms with van der Waals surface area (Å²) in [5, 5.41) is 0. The van der Waals surface area contributed by atoms with Crippen molar-refractivity contribution in [3.63, 3.8) is 0 Å². The molecule has 0 heterocycles. The zero-order valence-electron chi connectivity index (χ0n) is 12.5. The van der Waals surface area contributed by atoms with E-state index in [-0.39, 0.29) is 0 Å². The van der Waals surface area contributed by atoms with Gasteiger partial charge in [-0.25, -0.2) is 0 Å². The van der Waals surface area contributed by atoms with Crippen molar-refractivity contribution in [3.8, 4) is 11.8 Å². The van der Waals surface area contributed by atoms with E-state index in [1.807, 2.05) is 0 Å². The van der Waals surface area contributed by atoms with Gasteiger partial charge >= 0.3 is 0 Å². The molecule has 0 aromatic rings. The third kappa shape index (κ3) is 12.0. The molecular weight excluding hydrogens is 216 g/mol. The number of rotatable bonds is 12. The van der Waals surface area contributed by atoms with Gasteiger partial charge in [-0.05, 0) is 12.3 Å². The largest absolute Gasteiger partial charge is 0.103 e. The van der Waals surface area contributed by atoms with Gasteiger partial charge in [0.15, 0.2) is 0 Å². The van der Waals surface area contributed by atoms with Crippen LogP contribution in [0.15, 0.2) is 0 Å². The fourth-order valence-electron chi connectivity index (χ4n) is 2.43. The summed E-state index contributed by atoms with van der Waals surface area (Å²) < 4.78 is 0. The smallest absolute Gasteiger partial charge is 0.0198 e. The summed E-state index contributed by atoms with van der Waals surface area (Å²) in [6, 6.07) is 0. The fraction of sp³-hybridized carbons (Fsp3) is 0.778. The van der Waals surface area contributed by atoms with Crippen LogP contribution < -0.4 is 0 Å². The number of hydrogen-bond donors (Lipinski definition) is 0. The molecule has 0 fully saturated rings. The van der Waals surface area contributed by atoms with E-state index >= 15 is 0 Å². The Morgan fingerprint density at radius 1 is 0.889 bits per heavy atom. The minimum absolute atomic E-state index is 0.957. The lowest BCUT2D eigenvalue weighted by Crippen LogP contribution is -1.98. The number of hydrogen-bond acceptors (Lipinski definition) is 0. The van der Waals surface area contributed by atoms with Crippen LogP contribution in [0.1, 0.15) is 84.0 Å². The van der Waals surface area contributed by atoms with Gasteiger partial charge in [-0.3, -0.25) is 0 Å². The van der Waals surface area contributed by atoms with Gasteiger partial charge in [-0.1, -0.05) is 78.1 Å². The first-order valence-electron chi connectivity index (χ1n) is 7.89. The van der Waals surface area contributed by atoms with Crippen molar-refractivity contribution in [1.29, 1.82) is 0 Å². The lowest BCUT2D eigenvalue weighted by atomic mass is 9.93. The molecule has 0 saturated carbocycles. The maximum atomic E-state index is 3.93. The monoisotopic (exact) mass is 248 g/mol. The SMILES string of the molecule is [CH2]C#CCCCCCCCCC(CC)CCC[CH2]. The minimum Gasteiger partial charge on any atom is -0.103 e. The highest BCUT2D eigenvalue weighted by Crippen LogP contribution is 2.20. The van der Waals surface area contributed by atoms with Crippen LogP contribution in [0.3, 0.4) is 0 Å². The lowest BCUT2D eigenvalue weighted by molar-refractivity contribution is 0.402. The van der Waals surface area contributed by atoms with Crippen LogP contribution in [0.4, 0.5) is 0 Å². The fourth-order valence-corrected chi connectivity index (χ4v) is 2.43. The van der Waals surface area contributed by atoms with E-state index in [9.17, 15) is 0 Å². The third-order valence-electron chi connectivity index (χ3n) is 3.73.